The molecule has 2 N–H and O–H groups in total. The SMILES string of the molecule is Cc1nn(-c2ccccc2)c(O)c1N=C(Cc1ccccc1)C(=O)O.[NaH]. The van der Waals surface area contributed by atoms with Gasteiger partial charge in [0.25, 0.3) is 0 Å². The third-order valence-corrected chi connectivity index (χ3v) is 3.71. The Hall–Kier alpha value is -2.41. The molecule has 0 aliphatic rings. The van der Waals surface area contributed by atoms with Gasteiger partial charge in [0, 0.05) is 6.42 Å². The Morgan fingerprint density at radius 3 is 2.23 bits per heavy atom. The van der Waals surface area contributed by atoms with Gasteiger partial charge in [0.2, 0.25) is 5.88 Å². The van der Waals surface area contributed by atoms with Crippen molar-refractivity contribution in [2.24, 2.45) is 4.99 Å². The topological polar surface area (TPSA) is 87.7 Å². The van der Waals surface area contributed by atoms with Gasteiger partial charge in [-0.05, 0) is 24.6 Å². The standard InChI is InChI=1S/C19H17N3O3.Na.H/c1-13-17(18(23)22(21-13)15-10-6-3-7-11-15)20-16(19(24)25)12-14-8-4-2-5-9-14;;/h2-11,23H,12H2,1H3,(H,24,25);;. The van der Waals surface area contributed by atoms with Gasteiger partial charge in [-0.15, -0.1) is 0 Å². The van der Waals surface area contributed by atoms with Crippen LogP contribution in [-0.2, 0) is 11.2 Å². The van der Waals surface area contributed by atoms with Crippen molar-refractivity contribution in [3.8, 4) is 11.6 Å². The van der Waals surface area contributed by atoms with E-state index in [4.69, 9.17) is 0 Å². The molecule has 3 rings (SSSR count). The number of nitrogens with zero attached hydrogens (tertiary/aromatic N) is 3. The zero-order chi connectivity index (χ0) is 17.8. The Kier molecular flexibility index (Phi) is 6.74. The number of hydrogen-bond donors (Lipinski definition) is 2. The Bertz CT molecular complexity index is 922. The van der Waals surface area contributed by atoms with Crippen molar-refractivity contribution in [2.45, 2.75) is 13.3 Å². The summed E-state index contributed by atoms with van der Waals surface area (Å²) in [4.78, 5) is 15.8. The molecule has 3 aromatic rings. The van der Waals surface area contributed by atoms with E-state index in [9.17, 15) is 15.0 Å². The molecule has 128 valence electrons. The number of carbonyl (C=O) groups is 1. The molecule has 0 radical (unpaired) electrons. The molecule has 0 fully saturated rings. The monoisotopic (exact) mass is 359 g/mol. The predicted molar refractivity (Wildman–Crippen MR) is 102 cm³/mol. The summed E-state index contributed by atoms with van der Waals surface area (Å²) in [5, 5.41) is 24.2. The maximum absolute atomic E-state index is 11.6. The van der Waals surface area contributed by atoms with Crippen LogP contribution in [0.25, 0.3) is 5.69 Å². The number of aliphatic imine (C=N–C) groups is 1. The molecule has 0 aliphatic heterocycles. The number of benzene rings is 2. The van der Waals surface area contributed by atoms with Crippen LogP contribution in [0.15, 0.2) is 65.7 Å². The fraction of sp³-hybridized carbons (Fsp3) is 0.105. The molecule has 0 unspecified atom stereocenters. The first kappa shape index (κ1) is 19.9. The van der Waals surface area contributed by atoms with Gasteiger partial charge in [-0.1, -0.05) is 48.5 Å². The second kappa shape index (κ2) is 8.80. The van der Waals surface area contributed by atoms with E-state index >= 15 is 0 Å². The summed E-state index contributed by atoms with van der Waals surface area (Å²) < 4.78 is 1.34. The molecule has 1 heterocycles. The second-order valence-electron chi connectivity index (χ2n) is 5.53. The van der Waals surface area contributed by atoms with E-state index in [0.717, 1.165) is 5.56 Å². The fourth-order valence-corrected chi connectivity index (χ4v) is 2.47. The van der Waals surface area contributed by atoms with Crippen LogP contribution in [0, 0.1) is 6.92 Å². The van der Waals surface area contributed by atoms with Gasteiger partial charge in [0.05, 0.1) is 11.4 Å². The van der Waals surface area contributed by atoms with Crippen LogP contribution >= 0.6 is 0 Å². The molecular weight excluding hydrogens is 341 g/mol. The van der Waals surface area contributed by atoms with Crippen molar-refractivity contribution >= 4 is 46.9 Å². The van der Waals surface area contributed by atoms with Gasteiger partial charge >= 0.3 is 35.5 Å². The Balaban J connectivity index is 0.00000243. The zero-order valence-electron chi connectivity index (χ0n) is 13.6. The van der Waals surface area contributed by atoms with Crippen LogP contribution in [0.3, 0.4) is 0 Å². The van der Waals surface area contributed by atoms with Gasteiger partial charge in [-0.25, -0.2) is 9.79 Å². The number of para-hydroxylation sites is 1. The third-order valence-electron chi connectivity index (χ3n) is 3.71. The van der Waals surface area contributed by atoms with Crippen molar-refractivity contribution in [1.29, 1.82) is 0 Å². The van der Waals surface area contributed by atoms with Crippen LogP contribution in [-0.4, -0.2) is 61.2 Å². The number of aromatic hydroxyl groups is 1. The molecule has 26 heavy (non-hydrogen) atoms. The molecule has 0 amide bonds. The minimum atomic E-state index is -1.13. The molecule has 0 bridgehead atoms. The van der Waals surface area contributed by atoms with Crippen molar-refractivity contribution in [1.82, 2.24) is 9.78 Å². The maximum atomic E-state index is 11.6. The summed E-state index contributed by atoms with van der Waals surface area (Å²) in [6.07, 6.45) is 0.158. The first-order valence-corrected chi connectivity index (χ1v) is 7.75. The number of aliphatic carboxylic acids is 1. The van der Waals surface area contributed by atoms with Crippen LogP contribution < -0.4 is 0 Å². The molecule has 0 aliphatic carbocycles. The van der Waals surface area contributed by atoms with Crippen LogP contribution in [0.1, 0.15) is 11.3 Å². The van der Waals surface area contributed by atoms with Crippen molar-refractivity contribution in [3.63, 3.8) is 0 Å². The van der Waals surface area contributed by atoms with E-state index in [-0.39, 0.29) is 53.3 Å². The molecule has 7 heteroatoms. The molecule has 0 saturated carbocycles. The second-order valence-corrected chi connectivity index (χ2v) is 5.53. The quantitative estimate of drug-likeness (QED) is 0.541. The zero-order valence-corrected chi connectivity index (χ0v) is 13.6. The first-order valence-electron chi connectivity index (χ1n) is 7.75. The number of aryl methyl sites for hydroxylation is 1. The number of carboxylic acids is 1. The summed E-state index contributed by atoms with van der Waals surface area (Å²) in [6.45, 7) is 1.68. The molecule has 6 nitrogen and oxygen atoms in total. The first-order chi connectivity index (χ1) is 12.1. The van der Waals surface area contributed by atoms with Crippen LogP contribution in [0.5, 0.6) is 5.88 Å². The molecule has 0 spiro atoms. The minimum absolute atomic E-state index is 0. The molecule has 1 aromatic heterocycles. The van der Waals surface area contributed by atoms with Crippen LogP contribution in [0.4, 0.5) is 5.69 Å². The van der Waals surface area contributed by atoms with Gasteiger partial charge in [-0.3, -0.25) is 0 Å². The Morgan fingerprint density at radius 2 is 1.65 bits per heavy atom. The number of rotatable bonds is 5. The van der Waals surface area contributed by atoms with Gasteiger partial charge in [0.15, 0.2) is 0 Å². The van der Waals surface area contributed by atoms with Gasteiger partial charge < -0.3 is 10.2 Å². The summed E-state index contributed by atoms with van der Waals surface area (Å²) in [5.74, 6) is -1.31. The number of hydrogen-bond acceptors (Lipinski definition) is 4. The number of aromatic nitrogens is 2. The van der Waals surface area contributed by atoms with Gasteiger partial charge in [0.1, 0.15) is 11.4 Å². The van der Waals surface area contributed by atoms with E-state index in [0.29, 0.717) is 11.4 Å². The van der Waals surface area contributed by atoms with Crippen molar-refractivity contribution in [3.05, 3.63) is 71.9 Å². The Labute approximate surface area is 173 Å². The average Bonchev–Trinajstić information content (AvgIpc) is 2.91. The summed E-state index contributed by atoms with van der Waals surface area (Å²) in [5.41, 5.74) is 2.06. The van der Waals surface area contributed by atoms with E-state index in [1.54, 1.807) is 19.1 Å². The van der Waals surface area contributed by atoms with E-state index in [1.165, 1.54) is 4.68 Å². The van der Waals surface area contributed by atoms with Gasteiger partial charge in [-0.2, -0.15) is 9.78 Å². The van der Waals surface area contributed by atoms with E-state index < -0.39 is 5.97 Å². The fourth-order valence-electron chi connectivity index (χ4n) is 2.47. The molecule has 2 aromatic carbocycles. The Morgan fingerprint density at radius 1 is 1.08 bits per heavy atom. The predicted octanol–water partition coefficient (Wildman–Crippen LogP) is 2.64. The third kappa shape index (κ3) is 4.40. The van der Waals surface area contributed by atoms with Crippen LogP contribution in [0.2, 0.25) is 0 Å². The van der Waals surface area contributed by atoms with E-state index in [2.05, 4.69) is 10.1 Å². The van der Waals surface area contributed by atoms with Crippen molar-refractivity contribution in [2.75, 3.05) is 0 Å². The summed E-state index contributed by atoms with van der Waals surface area (Å²) in [6, 6.07) is 18.3. The molecule has 0 atom stereocenters. The summed E-state index contributed by atoms with van der Waals surface area (Å²) >= 11 is 0. The normalized spacial score (nSPS) is 11.0. The van der Waals surface area contributed by atoms with E-state index in [1.807, 2.05) is 48.5 Å². The molecule has 0 saturated heterocycles. The number of carboxylic acid groups (broad SMARTS) is 1. The molecular formula is C19H18N3NaO3. The summed E-state index contributed by atoms with van der Waals surface area (Å²) in [7, 11) is 0. The van der Waals surface area contributed by atoms with Crippen molar-refractivity contribution < 1.29 is 15.0 Å². The average molecular weight is 359 g/mol.